The molecule has 2 aromatic carbocycles. The van der Waals surface area contributed by atoms with Gasteiger partial charge in [0, 0.05) is 24.2 Å². The van der Waals surface area contributed by atoms with Gasteiger partial charge in [0.25, 0.3) is 11.8 Å². The molecule has 1 saturated heterocycles. The maximum Gasteiger partial charge on any atom is 0.352 e. The lowest BCUT2D eigenvalue weighted by Gasteiger charge is -2.49. The molecule has 3 amide bonds. The fourth-order valence-electron chi connectivity index (χ4n) is 4.90. The van der Waals surface area contributed by atoms with E-state index in [2.05, 4.69) is 30.9 Å². The van der Waals surface area contributed by atoms with E-state index >= 15 is 0 Å². The van der Waals surface area contributed by atoms with Crippen LogP contribution in [0.3, 0.4) is 0 Å². The van der Waals surface area contributed by atoms with E-state index in [1.54, 1.807) is 7.05 Å². The number of hydrogen-bond acceptors (Lipinski definition) is 12. The Balaban J connectivity index is 1.40. The number of carbonyl (C=O) groups is 5. The number of nitrogens with one attached hydrogen (secondary N) is 3. The molecule has 0 radical (unpaired) electrons. The van der Waals surface area contributed by atoms with Crippen molar-refractivity contribution >= 4 is 68.9 Å². The number of carbonyl (C=O) groups excluding carboxylic acids is 3. The smallest absolute Gasteiger partial charge is 0.352 e. The zero-order valence-electron chi connectivity index (χ0n) is 24.5. The standard InChI is InChI=1S/C27H26N8O9S3/c1-34-27(30-32-33-34)46-12-14-11-45-24-19(23(38)35(24)20(14)26(41)42)29-22(37)18(13-6-5-7-15(10-13)31-47(2,43)44)28-21(36)16-8-3-4-9-17(16)25(39)40/h3-10,18-19,24,31H,11-12H2,1-2H3,(H,28,36)(H,29,37)(H,39,40)(H,41,42)/t18?,19?,24-/m0/s1. The molecule has 17 nitrogen and oxygen atoms in total. The third-order valence-corrected chi connectivity index (χ3v) is 10.0. The number of benzene rings is 2. The summed E-state index contributed by atoms with van der Waals surface area (Å²) in [7, 11) is -2.08. The number of amides is 3. The fraction of sp³-hybridized carbons (Fsp3) is 0.259. The van der Waals surface area contributed by atoms with Crippen LogP contribution in [0.1, 0.15) is 32.3 Å². The highest BCUT2D eigenvalue weighted by Crippen LogP contribution is 2.41. The number of nitrogens with zero attached hydrogens (tertiary/aromatic N) is 5. The Morgan fingerprint density at radius 2 is 1.81 bits per heavy atom. The molecule has 0 bridgehead atoms. The normalized spacial score (nSPS) is 18.1. The summed E-state index contributed by atoms with van der Waals surface area (Å²) in [5.41, 5.74) is -0.117. The molecule has 0 saturated carbocycles. The fourth-order valence-corrected chi connectivity index (χ4v) is 7.79. The highest BCUT2D eigenvalue weighted by atomic mass is 32.2. The Kier molecular flexibility index (Phi) is 9.54. The predicted octanol–water partition coefficient (Wildman–Crippen LogP) is 0.282. The lowest BCUT2D eigenvalue weighted by atomic mass is 10.00. The Morgan fingerprint density at radius 1 is 1.09 bits per heavy atom. The first-order valence-corrected chi connectivity index (χ1v) is 17.4. The van der Waals surface area contributed by atoms with Crippen LogP contribution in [0.5, 0.6) is 0 Å². The lowest BCUT2D eigenvalue weighted by Crippen LogP contribution is -2.71. The van der Waals surface area contributed by atoms with E-state index in [0.717, 1.165) is 11.2 Å². The Labute approximate surface area is 275 Å². The number of aromatic nitrogens is 4. The van der Waals surface area contributed by atoms with Crippen LogP contribution in [0, 0.1) is 0 Å². The van der Waals surface area contributed by atoms with Crippen molar-refractivity contribution in [2.75, 3.05) is 22.5 Å². The topological polar surface area (TPSA) is 243 Å². The first kappa shape index (κ1) is 33.4. The number of tetrazole rings is 1. The van der Waals surface area contributed by atoms with Crippen molar-refractivity contribution in [1.82, 2.24) is 35.7 Å². The maximum absolute atomic E-state index is 13.8. The van der Waals surface area contributed by atoms with Gasteiger partial charge in [-0.05, 0) is 45.8 Å². The molecule has 5 rings (SSSR count). The summed E-state index contributed by atoms with van der Waals surface area (Å²) in [5.74, 6) is -4.76. The van der Waals surface area contributed by atoms with Gasteiger partial charge in [-0.3, -0.25) is 24.0 Å². The molecule has 20 heteroatoms. The summed E-state index contributed by atoms with van der Waals surface area (Å²) < 4.78 is 27.4. The first-order chi connectivity index (χ1) is 22.2. The van der Waals surface area contributed by atoms with Gasteiger partial charge in [-0.1, -0.05) is 36.0 Å². The van der Waals surface area contributed by atoms with E-state index in [1.165, 1.54) is 76.7 Å². The number of rotatable bonds is 12. The van der Waals surface area contributed by atoms with E-state index in [0.29, 0.717) is 10.7 Å². The van der Waals surface area contributed by atoms with Gasteiger partial charge in [-0.25, -0.2) is 22.7 Å². The van der Waals surface area contributed by atoms with E-state index in [-0.39, 0.29) is 39.6 Å². The molecule has 246 valence electrons. The van der Waals surface area contributed by atoms with Gasteiger partial charge < -0.3 is 20.8 Å². The van der Waals surface area contributed by atoms with Crippen LogP contribution in [0.15, 0.2) is 65.0 Å². The quantitative estimate of drug-likeness (QED) is 0.126. The van der Waals surface area contributed by atoms with Crippen molar-refractivity contribution in [2.45, 2.75) is 22.6 Å². The van der Waals surface area contributed by atoms with Crippen LogP contribution >= 0.6 is 23.5 Å². The molecule has 0 aliphatic carbocycles. The molecule has 3 atom stereocenters. The third kappa shape index (κ3) is 7.23. The van der Waals surface area contributed by atoms with Crippen LogP contribution in [0.25, 0.3) is 0 Å². The van der Waals surface area contributed by atoms with Crippen LogP contribution in [-0.2, 0) is 31.5 Å². The summed E-state index contributed by atoms with van der Waals surface area (Å²) in [4.78, 5) is 65.6. The molecule has 0 spiro atoms. The molecular weight excluding hydrogens is 677 g/mol. The number of β-lactam (4-membered cyclic amide) rings is 1. The molecule has 2 aliphatic heterocycles. The van der Waals surface area contributed by atoms with Crippen LogP contribution in [0.4, 0.5) is 5.69 Å². The Hall–Kier alpha value is -4.95. The molecule has 1 aromatic heterocycles. The number of fused-ring (bicyclic) bond motifs is 1. The zero-order valence-corrected chi connectivity index (χ0v) is 26.9. The molecule has 1 fully saturated rings. The minimum Gasteiger partial charge on any atom is -0.478 e. The Bertz CT molecular complexity index is 1930. The summed E-state index contributed by atoms with van der Waals surface area (Å²) in [5, 5.41) is 35.5. The molecule has 2 unspecified atom stereocenters. The second kappa shape index (κ2) is 13.4. The number of aliphatic carboxylic acids is 1. The summed E-state index contributed by atoms with van der Waals surface area (Å²) >= 11 is 2.44. The SMILES string of the molecule is Cn1nnnc1SCC1=C(C(=O)O)N2C(=O)C(NC(=O)C(NC(=O)c3ccccc3C(=O)O)c3cccc(NS(C)(=O)=O)c3)[C@@H]2SC1. The number of carboxylic acid groups (broad SMARTS) is 2. The van der Waals surface area contributed by atoms with E-state index < -0.39 is 57.1 Å². The third-order valence-electron chi connectivity index (χ3n) is 6.97. The van der Waals surface area contributed by atoms with Crippen molar-refractivity contribution in [2.24, 2.45) is 7.05 Å². The van der Waals surface area contributed by atoms with Gasteiger partial charge in [0.15, 0.2) is 0 Å². The second-order valence-corrected chi connectivity index (χ2v) is 14.1. The van der Waals surface area contributed by atoms with Crippen molar-refractivity contribution in [3.63, 3.8) is 0 Å². The number of sulfonamides is 1. The number of aryl methyl sites for hydroxylation is 1. The first-order valence-electron chi connectivity index (χ1n) is 13.5. The van der Waals surface area contributed by atoms with E-state index in [9.17, 15) is 42.6 Å². The number of aromatic carboxylic acids is 1. The monoisotopic (exact) mass is 702 g/mol. The summed E-state index contributed by atoms with van der Waals surface area (Å²) in [6, 6.07) is 8.26. The van der Waals surface area contributed by atoms with Gasteiger partial charge in [0.1, 0.15) is 23.2 Å². The molecule has 3 heterocycles. The van der Waals surface area contributed by atoms with Gasteiger partial charge in [0.05, 0.1) is 17.4 Å². The van der Waals surface area contributed by atoms with Crippen LogP contribution in [0.2, 0.25) is 0 Å². The van der Waals surface area contributed by atoms with E-state index in [4.69, 9.17) is 0 Å². The number of anilines is 1. The number of thioether (sulfide) groups is 2. The highest BCUT2D eigenvalue weighted by molar-refractivity contribution is 8.01. The molecule has 5 N–H and O–H groups in total. The summed E-state index contributed by atoms with van der Waals surface area (Å²) in [6.07, 6.45) is 0.932. The average Bonchev–Trinajstić information content (AvgIpc) is 3.43. The van der Waals surface area contributed by atoms with Crippen LogP contribution < -0.4 is 15.4 Å². The van der Waals surface area contributed by atoms with Crippen LogP contribution in [-0.4, -0.2) is 103 Å². The van der Waals surface area contributed by atoms with Crippen molar-refractivity contribution in [1.29, 1.82) is 0 Å². The number of carboxylic acids is 2. The van der Waals surface area contributed by atoms with Crippen molar-refractivity contribution in [3.05, 3.63) is 76.5 Å². The molecule has 3 aromatic rings. The van der Waals surface area contributed by atoms with Gasteiger partial charge in [0.2, 0.25) is 21.1 Å². The van der Waals surface area contributed by atoms with Crippen molar-refractivity contribution < 1.29 is 42.6 Å². The van der Waals surface area contributed by atoms with E-state index in [1.807, 2.05) is 0 Å². The zero-order chi connectivity index (χ0) is 34.0. The molecule has 47 heavy (non-hydrogen) atoms. The predicted molar refractivity (Wildman–Crippen MR) is 168 cm³/mol. The highest BCUT2D eigenvalue weighted by Gasteiger charge is 2.54. The minimum absolute atomic E-state index is 0.0791. The summed E-state index contributed by atoms with van der Waals surface area (Å²) in [6.45, 7) is 0. The van der Waals surface area contributed by atoms with Gasteiger partial charge in [-0.15, -0.1) is 16.9 Å². The minimum atomic E-state index is -3.71. The number of hydrogen-bond donors (Lipinski definition) is 5. The maximum atomic E-state index is 13.8. The van der Waals surface area contributed by atoms with Gasteiger partial charge >= 0.3 is 11.9 Å². The Morgan fingerprint density at radius 3 is 2.45 bits per heavy atom. The average molecular weight is 703 g/mol. The lowest BCUT2D eigenvalue weighted by molar-refractivity contribution is -0.151. The largest absolute Gasteiger partial charge is 0.478 e. The second-order valence-electron chi connectivity index (χ2n) is 10.3. The van der Waals surface area contributed by atoms with Gasteiger partial charge in [-0.2, -0.15) is 0 Å². The van der Waals surface area contributed by atoms with Crippen molar-refractivity contribution in [3.8, 4) is 0 Å². The molecule has 2 aliphatic rings. The molecular formula is C27H26N8O9S3.